The molecule has 1 aliphatic rings. The highest BCUT2D eigenvalue weighted by Gasteiger charge is 2.21. The molecule has 0 aliphatic carbocycles. The van der Waals surface area contributed by atoms with Gasteiger partial charge in [0.25, 0.3) is 0 Å². The predicted molar refractivity (Wildman–Crippen MR) is 110 cm³/mol. The molecule has 138 valence electrons. The van der Waals surface area contributed by atoms with Crippen LogP contribution >= 0.6 is 12.2 Å². The van der Waals surface area contributed by atoms with Gasteiger partial charge in [-0.3, -0.25) is 0 Å². The zero-order valence-corrected chi connectivity index (χ0v) is 16.6. The Morgan fingerprint density at radius 3 is 2.62 bits per heavy atom. The van der Waals surface area contributed by atoms with Crippen LogP contribution in [0.1, 0.15) is 36.1 Å². The topological polar surface area (TPSA) is 42.5 Å². The summed E-state index contributed by atoms with van der Waals surface area (Å²) in [6.45, 7) is 9.45. The summed E-state index contributed by atoms with van der Waals surface area (Å²) in [6.07, 6.45) is 1.14. The van der Waals surface area contributed by atoms with E-state index in [0.29, 0.717) is 18.3 Å². The quantitative estimate of drug-likeness (QED) is 0.758. The summed E-state index contributed by atoms with van der Waals surface area (Å²) in [4.78, 5) is 0. The molecule has 0 bridgehead atoms. The van der Waals surface area contributed by atoms with Crippen molar-refractivity contribution in [3.63, 3.8) is 0 Å². The fourth-order valence-electron chi connectivity index (χ4n) is 3.31. The Morgan fingerprint density at radius 1 is 1.19 bits per heavy atom. The van der Waals surface area contributed by atoms with Crippen LogP contribution in [0.15, 0.2) is 30.3 Å². The van der Waals surface area contributed by atoms with Crippen molar-refractivity contribution in [1.29, 1.82) is 0 Å². The smallest absolute Gasteiger partial charge is 0.171 e. The van der Waals surface area contributed by atoms with E-state index in [0.717, 1.165) is 29.2 Å². The minimum absolute atomic E-state index is 0.218. The molecule has 5 heteroatoms. The van der Waals surface area contributed by atoms with Gasteiger partial charge in [-0.2, -0.15) is 0 Å². The Morgan fingerprint density at radius 2 is 1.92 bits per heavy atom. The van der Waals surface area contributed by atoms with Gasteiger partial charge in [0.15, 0.2) is 5.11 Å². The molecule has 0 amide bonds. The summed E-state index contributed by atoms with van der Waals surface area (Å²) in [6, 6.07) is 10.5. The number of hydrogen-bond acceptors (Lipinski definition) is 3. The van der Waals surface area contributed by atoms with E-state index in [-0.39, 0.29) is 6.10 Å². The molecule has 0 radical (unpaired) electrons. The van der Waals surface area contributed by atoms with Gasteiger partial charge in [0.1, 0.15) is 17.6 Å². The number of ether oxygens (including phenoxy) is 2. The van der Waals surface area contributed by atoms with Crippen molar-refractivity contribution in [2.24, 2.45) is 0 Å². The molecule has 1 atom stereocenters. The largest absolute Gasteiger partial charge is 0.494 e. The first-order valence-corrected chi connectivity index (χ1v) is 9.44. The van der Waals surface area contributed by atoms with E-state index < -0.39 is 0 Å². The molecule has 0 aromatic heterocycles. The van der Waals surface area contributed by atoms with Crippen LogP contribution in [0, 0.1) is 13.8 Å². The number of nitrogens with one attached hydrogen (secondary N) is 2. The first-order valence-electron chi connectivity index (χ1n) is 9.03. The maximum absolute atomic E-state index is 5.88. The summed E-state index contributed by atoms with van der Waals surface area (Å²) in [5.41, 5.74) is 5.67. The maximum Gasteiger partial charge on any atom is 0.171 e. The van der Waals surface area contributed by atoms with Gasteiger partial charge < -0.3 is 20.1 Å². The van der Waals surface area contributed by atoms with E-state index >= 15 is 0 Å². The van der Waals surface area contributed by atoms with Crippen LogP contribution < -0.4 is 20.1 Å². The van der Waals surface area contributed by atoms with Gasteiger partial charge in [-0.25, -0.2) is 0 Å². The first kappa shape index (κ1) is 18.5. The number of thiocarbonyl (C=S) groups is 1. The van der Waals surface area contributed by atoms with Crippen LogP contribution in [0.3, 0.4) is 0 Å². The molecular weight excluding hydrogens is 344 g/mol. The van der Waals surface area contributed by atoms with Crippen LogP contribution in [0.4, 0.5) is 5.69 Å². The van der Waals surface area contributed by atoms with E-state index in [1.807, 2.05) is 6.92 Å². The second-order valence-electron chi connectivity index (χ2n) is 6.82. The number of benzene rings is 2. The van der Waals surface area contributed by atoms with Gasteiger partial charge in [-0.05, 0) is 75.3 Å². The number of fused-ring (bicyclic) bond motifs is 1. The Kier molecular flexibility index (Phi) is 5.67. The average Bonchev–Trinajstić information content (AvgIpc) is 2.91. The van der Waals surface area contributed by atoms with Crippen LogP contribution in [0.25, 0.3) is 0 Å². The normalized spacial score (nSPS) is 15.2. The Hall–Kier alpha value is -2.27. The lowest BCUT2D eigenvalue weighted by molar-refractivity contribution is 0.254. The molecule has 1 aliphatic heterocycles. The van der Waals surface area contributed by atoms with Crippen molar-refractivity contribution >= 4 is 23.0 Å². The first-order chi connectivity index (χ1) is 12.4. The van der Waals surface area contributed by atoms with Crippen LogP contribution in [-0.2, 0) is 13.0 Å². The molecule has 0 saturated heterocycles. The fraction of sp³-hybridized carbons (Fsp3) is 0.381. The average molecular weight is 371 g/mol. The number of anilines is 1. The molecule has 0 unspecified atom stereocenters. The molecule has 2 aromatic rings. The minimum atomic E-state index is 0.218. The lowest BCUT2D eigenvalue weighted by Crippen LogP contribution is -2.28. The minimum Gasteiger partial charge on any atom is -0.494 e. The van der Waals surface area contributed by atoms with Gasteiger partial charge >= 0.3 is 0 Å². The Labute approximate surface area is 160 Å². The third kappa shape index (κ3) is 4.47. The lowest BCUT2D eigenvalue weighted by Gasteiger charge is -2.15. The molecule has 3 rings (SSSR count). The van der Waals surface area contributed by atoms with Crippen molar-refractivity contribution < 1.29 is 9.47 Å². The van der Waals surface area contributed by atoms with Gasteiger partial charge in [0, 0.05) is 29.8 Å². The highest BCUT2D eigenvalue weighted by atomic mass is 32.1. The third-order valence-corrected chi connectivity index (χ3v) is 4.54. The second kappa shape index (κ2) is 7.96. The molecule has 2 N–H and O–H groups in total. The van der Waals surface area contributed by atoms with Crippen molar-refractivity contribution in [3.05, 3.63) is 52.6 Å². The van der Waals surface area contributed by atoms with Crippen LogP contribution in [0.2, 0.25) is 0 Å². The standard InChI is InChI=1S/C21H26N2O2S/c1-5-24-19-10-16-9-15(4)25-20(16)11-17(19)12-22-21(26)23-18-7-13(2)6-14(3)8-18/h6-8,10-11,15H,5,9,12H2,1-4H3,(H2,22,23,26)/t15-/m1/s1. The highest BCUT2D eigenvalue weighted by molar-refractivity contribution is 7.80. The second-order valence-corrected chi connectivity index (χ2v) is 7.23. The van der Waals surface area contributed by atoms with Crippen molar-refractivity contribution in [2.45, 2.75) is 46.8 Å². The third-order valence-electron chi connectivity index (χ3n) is 4.30. The zero-order valence-electron chi connectivity index (χ0n) is 15.8. The Bertz CT molecular complexity index is 800. The van der Waals surface area contributed by atoms with E-state index in [1.165, 1.54) is 16.7 Å². The molecule has 26 heavy (non-hydrogen) atoms. The van der Waals surface area contributed by atoms with Gasteiger partial charge in [-0.1, -0.05) is 6.07 Å². The number of aryl methyl sites for hydroxylation is 2. The van der Waals surface area contributed by atoms with E-state index in [4.69, 9.17) is 21.7 Å². The molecule has 4 nitrogen and oxygen atoms in total. The predicted octanol–water partition coefficient (Wildman–Crippen LogP) is 4.51. The van der Waals surface area contributed by atoms with E-state index in [9.17, 15) is 0 Å². The van der Waals surface area contributed by atoms with E-state index in [2.05, 4.69) is 61.7 Å². The SMILES string of the molecule is CCOc1cc2c(cc1CNC(=S)Nc1cc(C)cc(C)c1)O[C@H](C)C2. The summed E-state index contributed by atoms with van der Waals surface area (Å²) < 4.78 is 11.7. The molecule has 1 heterocycles. The van der Waals surface area contributed by atoms with Crippen molar-refractivity contribution in [2.75, 3.05) is 11.9 Å². The summed E-state index contributed by atoms with van der Waals surface area (Å²) in [5, 5.41) is 7.12. The fourth-order valence-corrected chi connectivity index (χ4v) is 3.50. The van der Waals surface area contributed by atoms with Crippen molar-refractivity contribution in [1.82, 2.24) is 5.32 Å². The van der Waals surface area contributed by atoms with Gasteiger partial charge in [0.2, 0.25) is 0 Å². The van der Waals surface area contributed by atoms with Crippen molar-refractivity contribution in [3.8, 4) is 11.5 Å². The van der Waals surface area contributed by atoms with Crippen LogP contribution in [0.5, 0.6) is 11.5 Å². The number of rotatable bonds is 5. The monoisotopic (exact) mass is 370 g/mol. The summed E-state index contributed by atoms with van der Waals surface area (Å²) in [5.74, 6) is 1.84. The lowest BCUT2D eigenvalue weighted by atomic mass is 10.1. The van der Waals surface area contributed by atoms with Gasteiger partial charge in [-0.15, -0.1) is 0 Å². The van der Waals surface area contributed by atoms with Gasteiger partial charge in [0.05, 0.1) is 6.61 Å². The Balaban J connectivity index is 1.68. The summed E-state index contributed by atoms with van der Waals surface area (Å²) >= 11 is 5.45. The maximum atomic E-state index is 5.88. The molecule has 2 aromatic carbocycles. The highest BCUT2D eigenvalue weighted by Crippen LogP contribution is 2.35. The molecular formula is C21H26N2O2S. The molecule has 0 saturated carbocycles. The molecule has 0 fully saturated rings. The number of hydrogen-bond donors (Lipinski definition) is 2. The van der Waals surface area contributed by atoms with E-state index in [1.54, 1.807) is 0 Å². The zero-order chi connectivity index (χ0) is 18.7. The summed E-state index contributed by atoms with van der Waals surface area (Å²) in [7, 11) is 0. The molecule has 0 spiro atoms. The van der Waals surface area contributed by atoms with Crippen LogP contribution in [-0.4, -0.2) is 17.8 Å².